The van der Waals surface area contributed by atoms with Crippen molar-refractivity contribution in [1.82, 2.24) is 0 Å². The zero-order valence-corrected chi connectivity index (χ0v) is 11.7. The van der Waals surface area contributed by atoms with Gasteiger partial charge < -0.3 is 8.83 Å². The van der Waals surface area contributed by atoms with Gasteiger partial charge in [0.1, 0.15) is 16.9 Å². The Balaban J connectivity index is 1.74. The standard InChI is InChI=1S/C20H12O2/c1-2-4-15-10-20-17(9-14(15)3-1)12-19(22-20)16-6-5-13-7-8-21-18(13)11-16/h1-12H. The van der Waals surface area contributed by atoms with Crippen LogP contribution in [0.3, 0.4) is 0 Å². The van der Waals surface area contributed by atoms with Crippen LogP contribution in [-0.4, -0.2) is 0 Å². The maximum absolute atomic E-state index is 6.05. The van der Waals surface area contributed by atoms with Gasteiger partial charge in [-0.15, -0.1) is 0 Å². The summed E-state index contributed by atoms with van der Waals surface area (Å²) in [6.45, 7) is 0. The first-order chi connectivity index (χ1) is 10.9. The Morgan fingerprint density at radius 1 is 0.591 bits per heavy atom. The van der Waals surface area contributed by atoms with Gasteiger partial charge in [0.25, 0.3) is 0 Å². The van der Waals surface area contributed by atoms with E-state index in [0.29, 0.717) is 0 Å². The molecule has 0 aliphatic rings. The zero-order valence-electron chi connectivity index (χ0n) is 11.7. The third-order valence-electron chi connectivity index (χ3n) is 4.13. The third kappa shape index (κ3) is 1.67. The third-order valence-corrected chi connectivity index (χ3v) is 4.13. The van der Waals surface area contributed by atoms with Crippen LogP contribution in [0.5, 0.6) is 0 Å². The highest BCUT2D eigenvalue weighted by molar-refractivity contribution is 5.97. The monoisotopic (exact) mass is 284 g/mol. The maximum Gasteiger partial charge on any atom is 0.135 e. The van der Waals surface area contributed by atoms with Gasteiger partial charge in [-0.2, -0.15) is 0 Å². The van der Waals surface area contributed by atoms with Gasteiger partial charge in [-0.3, -0.25) is 0 Å². The minimum Gasteiger partial charge on any atom is -0.464 e. The summed E-state index contributed by atoms with van der Waals surface area (Å²) in [5.41, 5.74) is 2.82. The van der Waals surface area contributed by atoms with Crippen LogP contribution in [0.15, 0.2) is 81.8 Å². The van der Waals surface area contributed by atoms with E-state index in [1.54, 1.807) is 6.26 Å². The minimum absolute atomic E-state index is 0.864. The molecule has 2 nitrogen and oxygen atoms in total. The Morgan fingerprint density at radius 3 is 2.36 bits per heavy atom. The summed E-state index contributed by atoms with van der Waals surface area (Å²) in [6, 6.07) is 22.8. The summed E-state index contributed by atoms with van der Waals surface area (Å²) in [7, 11) is 0. The van der Waals surface area contributed by atoms with Crippen molar-refractivity contribution in [3.63, 3.8) is 0 Å². The van der Waals surface area contributed by atoms with Gasteiger partial charge in [-0.1, -0.05) is 36.4 Å². The molecular weight excluding hydrogens is 272 g/mol. The molecule has 3 aromatic carbocycles. The van der Waals surface area contributed by atoms with E-state index in [-0.39, 0.29) is 0 Å². The lowest BCUT2D eigenvalue weighted by Gasteiger charge is -1.96. The molecule has 0 unspecified atom stereocenters. The molecule has 0 atom stereocenters. The van der Waals surface area contributed by atoms with Gasteiger partial charge in [0.05, 0.1) is 6.26 Å². The minimum atomic E-state index is 0.864. The van der Waals surface area contributed by atoms with E-state index in [9.17, 15) is 0 Å². The number of furan rings is 2. The lowest BCUT2D eigenvalue weighted by atomic mass is 10.1. The smallest absolute Gasteiger partial charge is 0.135 e. The van der Waals surface area contributed by atoms with Gasteiger partial charge in [-0.05, 0) is 41.1 Å². The first-order valence-corrected chi connectivity index (χ1v) is 7.27. The fourth-order valence-corrected chi connectivity index (χ4v) is 2.98. The van der Waals surface area contributed by atoms with Crippen LogP contribution >= 0.6 is 0 Å². The second kappa shape index (κ2) is 4.25. The highest BCUT2D eigenvalue weighted by Gasteiger charge is 2.09. The summed E-state index contributed by atoms with van der Waals surface area (Å²) in [6.07, 6.45) is 1.71. The van der Waals surface area contributed by atoms with Gasteiger partial charge >= 0.3 is 0 Å². The van der Waals surface area contributed by atoms with E-state index in [1.165, 1.54) is 10.8 Å². The Morgan fingerprint density at radius 2 is 1.45 bits per heavy atom. The van der Waals surface area contributed by atoms with E-state index in [1.807, 2.05) is 18.2 Å². The number of benzene rings is 3. The van der Waals surface area contributed by atoms with E-state index in [0.717, 1.165) is 33.3 Å². The molecule has 2 heterocycles. The quantitative estimate of drug-likeness (QED) is 0.377. The highest BCUT2D eigenvalue weighted by Crippen LogP contribution is 2.32. The lowest BCUT2D eigenvalue weighted by Crippen LogP contribution is -1.72. The SMILES string of the molecule is c1ccc2cc3oc(-c4ccc5ccoc5c4)cc3cc2c1. The van der Waals surface area contributed by atoms with E-state index in [4.69, 9.17) is 8.83 Å². The summed E-state index contributed by atoms with van der Waals surface area (Å²) < 4.78 is 11.5. The summed E-state index contributed by atoms with van der Waals surface area (Å²) in [5.74, 6) is 0.864. The van der Waals surface area contributed by atoms with Crippen LogP contribution in [0.2, 0.25) is 0 Å². The molecular formula is C20H12O2. The van der Waals surface area contributed by atoms with Crippen molar-refractivity contribution >= 4 is 32.7 Å². The van der Waals surface area contributed by atoms with Crippen molar-refractivity contribution in [2.24, 2.45) is 0 Å². The first kappa shape index (κ1) is 11.6. The lowest BCUT2D eigenvalue weighted by molar-refractivity contribution is 0.614. The molecule has 0 N–H and O–H groups in total. The molecule has 0 spiro atoms. The Labute approximate surface area is 126 Å². The van der Waals surface area contributed by atoms with E-state index >= 15 is 0 Å². The first-order valence-electron chi connectivity index (χ1n) is 7.27. The van der Waals surface area contributed by atoms with Crippen LogP contribution in [-0.2, 0) is 0 Å². The predicted octanol–water partition coefficient (Wildman–Crippen LogP) is 6.00. The van der Waals surface area contributed by atoms with Crippen LogP contribution in [0.1, 0.15) is 0 Å². The van der Waals surface area contributed by atoms with E-state index in [2.05, 4.69) is 48.5 Å². The number of fused-ring (bicyclic) bond motifs is 3. The van der Waals surface area contributed by atoms with Gasteiger partial charge in [0.2, 0.25) is 0 Å². The van der Waals surface area contributed by atoms with Crippen molar-refractivity contribution in [3.05, 3.63) is 73.0 Å². The molecule has 0 saturated carbocycles. The molecule has 5 aromatic rings. The van der Waals surface area contributed by atoms with Crippen molar-refractivity contribution < 1.29 is 8.83 Å². The van der Waals surface area contributed by atoms with Crippen molar-refractivity contribution in [3.8, 4) is 11.3 Å². The van der Waals surface area contributed by atoms with Crippen LogP contribution < -0.4 is 0 Å². The average molecular weight is 284 g/mol. The van der Waals surface area contributed by atoms with E-state index < -0.39 is 0 Å². The molecule has 0 radical (unpaired) electrons. The highest BCUT2D eigenvalue weighted by atomic mass is 16.3. The largest absolute Gasteiger partial charge is 0.464 e. The number of hydrogen-bond acceptors (Lipinski definition) is 2. The predicted molar refractivity (Wildman–Crippen MR) is 88.9 cm³/mol. The summed E-state index contributed by atoms with van der Waals surface area (Å²) in [4.78, 5) is 0. The Kier molecular flexibility index (Phi) is 2.25. The topological polar surface area (TPSA) is 26.3 Å². The van der Waals surface area contributed by atoms with Gasteiger partial charge in [0, 0.05) is 16.3 Å². The molecule has 104 valence electrons. The second-order valence-electron chi connectivity index (χ2n) is 5.52. The number of hydrogen-bond donors (Lipinski definition) is 0. The summed E-state index contributed by atoms with van der Waals surface area (Å²) in [5, 5.41) is 4.64. The molecule has 0 aliphatic carbocycles. The molecule has 5 rings (SSSR count). The van der Waals surface area contributed by atoms with Gasteiger partial charge in [-0.25, -0.2) is 0 Å². The molecule has 22 heavy (non-hydrogen) atoms. The summed E-state index contributed by atoms with van der Waals surface area (Å²) >= 11 is 0. The number of rotatable bonds is 1. The second-order valence-corrected chi connectivity index (χ2v) is 5.52. The normalized spacial score (nSPS) is 11.6. The molecule has 2 aromatic heterocycles. The Bertz CT molecular complexity index is 1080. The van der Waals surface area contributed by atoms with Crippen LogP contribution in [0, 0.1) is 0 Å². The van der Waals surface area contributed by atoms with Crippen LogP contribution in [0.4, 0.5) is 0 Å². The van der Waals surface area contributed by atoms with Crippen molar-refractivity contribution in [1.29, 1.82) is 0 Å². The molecule has 0 saturated heterocycles. The zero-order chi connectivity index (χ0) is 14.5. The molecule has 0 aliphatic heterocycles. The van der Waals surface area contributed by atoms with Gasteiger partial charge in [0.15, 0.2) is 0 Å². The Hall–Kier alpha value is -3.00. The molecule has 0 bridgehead atoms. The van der Waals surface area contributed by atoms with Crippen molar-refractivity contribution in [2.45, 2.75) is 0 Å². The fourth-order valence-electron chi connectivity index (χ4n) is 2.98. The molecule has 2 heteroatoms. The van der Waals surface area contributed by atoms with Crippen molar-refractivity contribution in [2.75, 3.05) is 0 Å². The average Bonchev–Trinajstić information content (AvgIpc) is 3.17. The van der Waals surface area contributed by atoms with Crippen LogP contribution in [0.25, 0.3) is 44.0 Å². The fraction of sp³-hybridized carbons (Fsp3) is 0. The molecule has 0 fully saturated rings. The molecule has 0 amide bonds. The maximum atomic E-state index is 6.05.